The van der Waals surface area contributed by atoms with Crippen molar-refractivity contribution in [1.29, 1.82) is 0 Å². The van der Waals surface area contributed by atoms with Crippen molar-refractivity contribution >= 4 is 17.9 Å². The third-order valence-corrected chi connectivity index (χ3v) is 15.3. The first-order chi connectivity index (χ1) is 40.5. The van der Waals surface area contributed by atoms with Crippen LogP contribution in [-0.2, 0) is 28.6 Å². The Morgan fingerprint density at radius 2 is 0.500 bits per heavy atom. The molecule has 1 atom stereocenters. The van der Waals surface area contributed by atoms with E-state index in [0.29, 0.717) is 19.3 Å². The largest absolute Gasteiger partial charge is 0.462 e. The van der Waals surface area contributed by atoms with Crippen molar-refractivity contribution in [2.45, 2.75) is 354 Å². The summed E-state index contributed by atoms with van der Waals surface area (Å²) in [5, 5.41) is 0. The lowest BCUT2D eigenvalue weighted by Crippen LogP contribution is -2.30. The molecular weight excluding hydrogens is 1010 g/mol. The molecule has 0 aromatic heterocycles. The van der Waals surface area contributed by atoms with Gasteiger partial charge >= 0.3 is 17.9 Å². The summed E-state index contributed by atoms with van der Waals surface area (Å²) in [4.78, 5) is 38.3. The van der Waals surface area contributed by atoms with E-state index < -0.39 is 6.10 Å². The number of carbonyl (C=O) groups excluding carboxylic acids is 3. The van der Waals surface area contributed by atoms with Gasteiger partial charge in [-0.1, -0.05) is 336 Å². The molecule has 82 heavy (non-hydrogen) atoms. The van der Waals surface area contributed by atoms with Gasteiger partial charge in [0.2, 0.25) is 0 Å². The molecule has 0 saturated carbocycles. The van der Waals surface area contributed by atoms with Crippen molar-refractivity contribution in [3.8, 4) is 0 Å². The van der Waals surface area contributed by atoms with Crippen LogP contribution in [0.5, 0.6) is 0 Å². The zero-order valence-corrected chi connectivity index (χ0v) is 54.2. The summed E-state index contributed by atoms with van der Waals surface area (Å²) in [6.07, 6.45) is 94.7. The summed E-state index contributed by atoms with van der Waals surface area (Å²) >= 11 is 0. The number of esters is 3. The predicted molar refractivity (Wildman–Crippen MR) is 357 cm³/mol. The minimum absolute atomic E-state index is 0.104. The fraction of sp³-hybridized carbons (Fsp3) is 0.750. The van der Waals surface area contributed by atoms with E-state index in [1.807, 2.05) is 6.08 Å². The van der Waals surface area contributed by atoms with Gasteiger partial charge in [-0.15, -0.1) is 0 Å². The number of rotatable bonds is 64. The van der Waals surface area contributed by atoms with E-state index in [-0.39, 0.29) is 37.5 Å². The lowest BCUT2D eigenvalue weighted by molar-refractivity contribution is -0.166. The average molecular weight is 1140 g/mol. The molecule has 0 rings (SSSR count). The quantitative estimate of drug-likeness (QED) is 0.0261. The van der Waals surface area contributed by atoms with E-state index in [2.05, 4.69) is 112 Å². The first-order valence-corrected chi connectivity index (χ1v) is 35.2. The Morgan fingerprint density at radius 1 is 0.256 bits per heavy atom. The molecule has 0 spiro atoms. The molecule has 0 bridgehead atoms. The van der Waals surface area contributed by atoms with E-state index in [1.54, 1.807) is 0 Å². The van der Waals surface area contributed by atoms with E-state index in [9.17, 15) is 14.4 Å². The third-order valence-electron chi connectivity index (χ3n) is 15.3. The van der Waals surface area contributed by atoms with Crippen molar-refractivity contribution in [2.75, 3.05) is 13.2 Å². The maximum atomic E-state index is 12.9. The summed E-state index contributed by atoms with van der Waals surface area (Å²) in [5.74, 6) is -0.974. The number of carbonyl (C=O) groups is 3. The molecule has 0 amide bonds. The molecule has 0 heterocycles. The Hall–Kier alpha value is -3.67. The van der Waals surface area contributed by atoms with Crippen LogP contribution in [0.4, 0.5) is 0 Å². The molecule has 472 valence electrons. The zero-order chi connectivity index (χ0) is 59.2. The first-order valence-electron chi connectivity index (χ1n) is 35.2. The minimum atomic E-state index is -0.816. The lowest BCUT2D eigenvalue weighted by Gasteiger charge is -2.18. The highest BCUT2D eigenvalue weighted by Crippen LogP contribution is 2.18. The van der Waals surface area contributed by atoms with Crippen molar-refractivity contribution in [2.24, 2.45) is 0 Å². The van der Waals surface area contributed by atoms with E-state index >= 15 is 0 Å². The molecule has 0 aliphatic rings. The molecule has 0 saturated heterocycles. The molecule has 0 aliphatic heterocycles. The maximum absolute atomic E-state index is 12.9. The summed E-state index contributed by atoms with van der Waals surface area (Å²) in [5.41, 5.74) is 0. The smallest absolute Gasteiger partial charge is 0.306 e. The second-order valence-corrected chi connectivity index (χ2v) is 23.4. The molecule has 0 aromatic rings. The second-order valence-electron chi connectivity index (χ2n) is 23.4. The third kappa shape index (κ3) is 67.1. The molecular formula is C76H132O6. The van der Waals surface area contributed by atoms with Gasteiger partial charge < -0.3 is 14.2 Å². The van der Waals surface area contributed by atoms with Gasteiger partial charge in [-0.2, -0.15) is 0 Å². The number of allylic oxidation sites excluding steroid dienone is 16. The summed E-state index contributed by atoms with van der Waals surface area (Å²) < 4.78 is 16.9. The van der Waals surface area contributed by atoms with E-state index in [1.165, 1.54) is 218 Å². The summed E-state index contributed by atoms with van der Waals surface area (Å²) in [6, 6.07) is 0. The van der Waals surface area contributed by atoms with Crippen LogP contribution in [0.15, 0.2) is 97.2 Å². The van der Waals surface area contributed by atoms with Gasteiger partial charge in [0.25, 0.3) is 0 Å². The maximum Gasteiger partial charge on any atom is 0.306 e. The number of ether oxygens (including phenoxy) is 3. The number of hydrogen-bond acceptors (Lipinski definition) is 6. The molecule has 0 radical (unpaired) electrons. The Balaban J connectivity index is 4.20. The van der Waals surface area contributed by atoms with Gasteiger partial charge in [0.05, 0.1) is 0 Å². The van der Waals surface area contributed by atoms with Gasteiger partial charge in [-0.05, 0) is 89.9 Å². The van der Waals surface area contributed by atoms with Gasteiger partial charge in [0, 0.05) is 19.3 Å². The van der Waals surface area contributed by atoms with Crippen molar-refractivity contribution < 1.29 is 28.6 Å². The molecule has 0 aliphatic carbocycles. The molecule has 1 unspecified atom stereocenters. The van der Waals surface area contributed by atoms with Crippen LogP contribution in [0.2, 0.25) is 0 Å². The van der Waals surface area contributed by atoms with Gasteiger partial charge in [-0.3, -0.25) is 14.4 Å². The van der Waals surface area contributed by atoms with E-state index in [0.717, 1.165) is 83.5 Å². The van der Waals surface area contributed by atoms with Crippen LogP contribution in [0, 0.1) is 0 Å². The fourth-order valence-corrected chi connectivity index (χ4v) is 10.1. The summed E-state index contributed by atoms with van der Waals surface area (Å²) in [6.45, 7) is 6.49. The Labute approximate surface area is 508 Å². The first kappa shape index (κ1) is 78.3. The van der Waals surface area contributed by atoms with Gasteiger partial charge in [-0.25, -0.2) is 0 Å². The van der Waals surface area contributed by atoms with Crippen LogP contribution < -0.4 is 0 Å². The predicted octanol–water partition coefficient (Wildman–Crippen LogP) is 24.4. The van der Waals surface area contributed by atoms with Gasteiger partial charge in [0.1, 0.15) is 13.2 Å². The van der Waals surface area contributed by atoms with Gasteiger partial charge in [0.15, 0.2) is 6.10 Å². The molecule has 0 aromatic carbocycles. The Bertz CT molecular complexity index is 1590. The van der Waals surface area contributed by atoms with Crippen LogP contribution in [0.25, 0.3) is 0 Å². The lowest BCUT2D eigenvalue weighted by atomic mass is 10.0. The van der Waals surface area contributed by atoms with Crippen molar-refractivity contribution in [1.82, 2.24) is 0 Å². The number of unbranched alkanes of at least 4 members (excludes halogenated alkanes) is 37. The van der Waals surface area contributed by atoms with Crippen LogP contribution in [-0.4, -0.2) is 37.2 Å². The SMILES string of the molecule is CC/C=C\C/C=C\C/C=C\C/C=C\C/C=C\C/C=C\CCC(=O)OC(COC(=O)CCCCCCCCCCCCCC)COC(=O)CCCCCCCCCCCCCCCCCCCCCCC/C=C\C/C=C\CCCCCCC. The fourth-order valence-electron chi connectivity index (χ4n) is 10.1. The highest BCUT2D eigenvalue weighted by atomic mass is 16.6. The Kier molecular flexibility index (Phi) is 66.7. The second kappa shape index (κ2) is 69.8. The summed E-state index contributed by atoms with van der Waals surface area (Å²) in [7, 11) is 0. The zero-order valence-electron chi connectivity index (χ0n) is 54.2. The molecule has 6 nitrogen and oxygen atoms in total. The van der Waals surface area contributed by atoms with Crippen LogP contribution >= 0.6 is 0 Å². The topological polar surface area (TPSA) is 78.9 Å². The molecule has 6 heteroatoms. The van der Waals surface area contributed by atoms with E-state index in [4.69, 9.17) is 14.2 Å². The standard InChI is InChI=1S/C76H132O6/c1-4-7-10-13-16-19-22-25-27-29-31-32-33-34-35-36-37-38-39-40-41-42-43-44-46-47-49-51-54-57-60-63-66-69-75(78)81-72-73(71-80-74(77)68-65-62-59-56-53-24-21-18-15-12-9-6-3)82-76(79)70-67-64-61-58-55-52-50-48-45-30-28-26-23-20-17-14-11-8-5-2/h8,11,17,20,22,25-26,28-29,31,45,48,52,55,61,64,73H,4-7,9-10,12-16,18-19,21,23-24,27,30,32-44,46-47,49-51,53-54,56-60,62-63,65-72H2,1-3H3/b11-8-,20-17-,25-22-,28-26-,31-29-,48-45-,55-52-,64-61-. The van der Waals surface area contributed by atoms with Crippen LogP contribution in [0.3, 0.4) is 0 Å². The van der Waals surface area contributed by atoms with Crippen LogP contribution in [0.1, 0.15) is 348 Å². The minimum Gasteiger partial charge on any atom is -0.462 e. The number of hydrogen-bond donors (Lipinski definition) is 0. The average Bonchev–Trinajstić information content (AvgIpc) is 3.47. The van der Waals surface area contributed by atoms with Crippen molar-refractivity contribution in [3.63, 3.8) is 0 Å². The Morgan fingerprint density at radius 3 is 0.793 bits per heavy atom. The molecule has 0 fully saturated rings. The van der Waals surface area contributed by atoms with Crippen molar-refractivity contribution in [3.05, 3.63) is 97.2 Å². The molecule has 0 N–H and O–H groups in total. The normalized spacial score (nSPS) is 12.7. The highest BCUT2D eigenvalue weighted by Gasteiger charge is 2.19. The highest BCUT2D eigenvalue weighted by molar-refractivity contribution is 5.71. The monoisotopic (exact) mass is 1140 g/mol.